The number of thiophene rings is 1. The number of hydrogen-bond donors (Lipinski definition) is 1. The summed E-state index contributed by atoms with van der Waals surface area (Å²) in [6.45, 7) is 0.268. The monoisotopic (exact) mass is 470 g/mol. The van der Waals surface area contributed by atoms with Gasteiger partial charge in [-0.3, -0.25) is 9.10 Å². The third-order valence-electron chi connectivity index (χ3n) is 6.02. The van der Waals surface area contributed by atoms with Crippen LogP contribution >= 0.6 is 11.3 Å². The smallest absolute Gasteiger partial charge is 0.261 e. The van der Waals surface area contributed by atoms with Gasteiger partial charge in [0.05, 0.1) is 23.4 Å². The number of fused-ring (bicyclic) bond motifs is 1. The molecule has 1 saturated carbocycles. The highest BCUT2D eigenvalue weighted by molar-refractivity contribution is 7.92. The topological polar surface area (TPSA) is 66.5 Å². The van der Waals surface area contributed by atoms with Crippen molar-refractivity contribution >= 4 is 43.0 Å². The van der Waals surface area contributed by atoms with Gasteiger partial charge in [0, 0.05) is 10.7 Å². The molecule has 1 amide bonds. The third-order valence-corrected chi connectivity index (χ3v) is 8.28. The van der Waals surface area contributed by atoms with E-state index in [1.807, 2.05) is 54.6 Å². The molecule has 32 heavy (non-hydrogen) atoms. The van der Waals surface area contributed by atoms with Crippen LogP contribution in [0.2, 0.25) is 0 Å². The van der Waals surface area contributed by atoms with E-state index < -0.39 is 10.0 Å². The fourth-order valence-corrected chi connectivity index (χ4v) is 6.13. The van der Waals surface area contributed by atoms with Gasteiger partial charge in [-0.05, 0) is 48.1 Å². The molecule has 7 heteroatoms. The van der Waals surface area contributed by atoms with Crippen LogP contribution in [-0.2, 0) is 16.6 Å². The highest BCUT2D eigenvalue weighted by Crippen LogP contribution is 2.31. The number of benzene rings is 2. The Hall–Kier alpha value is -2.38. The predicted octanol–water partition coefficient (Wildman–Crippen LogP) is 5.71. The molecular formula is C25H30N2O3S2. The quantitative estimate of drug-likeness (QED) is 0.502. The lowest BCUT2D eigenvalue weighted by Gasteiger charge is -2.22. The molecule has 4 rings (SSSR count). The fraction of sp³-hybridized carbons (Fsp3) is 0.400. The van der Waals surface area contributed by atoms with Crippen LogP contribution in [0.25, 0.3) is 10.1 Å². The molecule has 1 aliphatic rings. The number of nitrogens with one attached hydrogen (secondary N) is 1. The second-order valence-corrected chi connectivity index (χ2v) is 11.6. The number of amides is 1. The zero-order chi connectivity index (χ0) is 22.6. The summed E-state index contributed by atoms with van der Waals surface area (Å²) in [6.07, 6.45) is 9.45. The van der Waals surface area contributed by atoms with Crippen LogP contribution in [0, 0.1) is 0 Å². The van der Waals surface area contributed by atoms with Gasteiger partial charge >= 0.3 is 0 Å². The highest BCUT2D eigenvalue weighted by Gasteiger charge is 2.20. The van der Waals surface area contributed by atoms with Crippen LogP contribution in [0.5, 0.6) is 0 Å². The van der Waals surface area contributed by atoms with Gasteiger partial charge in [-0.25, -0.2) is 8.42 Å². The van der Waals surface area contributed by atoms with Crippen molar-refractivity contribution in [3.8, 4) is 0 Å². The number of anilines is 1. The molecule has 2 aromatic carbocycles. The minimum absolute atomic E-state index is 0.0254. The molecule has 1 heterocycles. The first-order valence-electron chi connectivity index (χ1n) is 11.3. The number of hydrogen-bond acceptors (Lipinski definition) is 4. The van der Waals surface area contributed by atoms with Crippen molar-refractivity contribution in [3.05, 3.63) is 65.0 Å². The molecular weight excluding hydrogens is 440 g/mol. The van der Waals surface area contributed by atoms with Crippen molar-refractivity contribution in [2.24, 2.45) is 0 Å². The van der Waals surface area contributed by atoms with Crippen LogP contribution in [0.15, 0.2) is 54.6 Å². The lowest BCUT2D eigenvalue weighted by atomic mass is 9.97. The highest BCUT2D eigenvalue weighted by atomic mass is 32.2. The standard InChI is InChI=1S/C25H30N2O3S2/c1-32(29,30)27(18-19-10-6-5-7-11-19)22-14-15-23-20(16-22)17-24(31-23)25(28)26-21-12-8-3-2-4-9-13-21/h5-7,10-11,14-17,21H,2-4,8-9,12-13,18H2,1H3,(H,26,28). The lowest BCUT2D eigenvalue weighted by molar-refractivity contribution is 0.0934. The molecule has 1 N–H and O–H groups in total. The average molecular weight is 471 g/mol. The van der Waals surface area contributed by atoms with Gasteiger partial charge < -0.3 is 5.32 Å². The fourth-order valence-electron chi connectivity index (χ4n) is 4.30. The van der Waals surface area contributed by atoms with Gasteiger partial charge in [-0.1, -0.05) is 62.4 Å². The third kappa shape index (κ3) is 5.70. The van der Waals surface area contributed by atoms with E-state index in [0.29, 0.717) is 10.6 Å². The van der Waals surface area contributed by atoms with E-state index in [1.54, 1.807) is 0 Å². The number of carbonyl (C=O) groups excluding carboxylic acids is 1. The Labute approximate surface area is 194 Å². The van der Waals surface area contributed by atoms with Crippen LogP contribution < -0.4 is 9.62 Å². The largest absolute Gasteiger partial charge is 0.349 e. The van der Waals surface area contributed by atoms with Crippen LogP contribution in [0.1, 0.15) is 60.2 Å². The molecule has 0 spiro atoms. The first-order valence-corrected chi connectivity index (χ1v) is 13.9. The normalized spacial score (nSPS) is 15.8. The van der Waals surface area contributed by atoms with Gasteiger partial charge in [-0.2, -0.15) is 0 Å². The van der Waals surface area contributed by atoms with E-state index >= 15 is 0 Å². The van der Waals surface area contributed by atoms with Gasteiger partial charge in [0.25, 0.3) is 5.91 Å². The molecule has 3 aromatic rings. The molecule has 1 aromatic heterocycles. The van der Waals surface area contributed by atoms with E-state index in [9.17, 15) is 13.2 Å². The Morgan fingerprint density at radius 1 is 1.00 bits per heavy atom. The molecule has 0 saturated heterocycles. The predicted molar refractivity (Wildman–Crippen MR) is 133 cm³/mol. The van der Waals surface area contributed by atoms with E-state index in [1.165, 1.54) is 54.0 Å². The van der Waals surface area contributed by atoms with Gasteiger partial charge in [-0.15, -0.1) is 11.3 Å². The molecule has 0 radical (unpaired) electrons. The second-order valence-electron chi connectivity index (χ2n) is 8.60. The molecule has 0 aliphatic heterocycles. The molecule has 0 atom stereocenters. The summed E-state index contributed by atoms with van der Waals surface area (Å²) in [5, 5.41) is 4.11. The van der Waals surface area contributed by atoms with Gasteiger partial charge in [0.1, 0.15) is 0 Å². The Kier molecular flexibility index (Phi) is 7.16. The Morgan fingerprint density at radius 3 is 2.38 bits per heavy atom. The summed E-state index contributed by atoms with van der Waals surface area (Å²) in [5.41, 5.74) is 1.52. The summed E-state index contributed by atoms with van der Waals surface area (Å²) in [6, 6.07) is 17.3. The van der Waals surface area contributed by atoms with Crippen molar-refractivity contribution in [3.63, 3.8) is 0 Å². The van der Waals surface area contributed by atoms with E-state index in [2.05, 4.69) is 5.32 Å². The number of carbonyl (C=O) groups is 1. The Balaban J connectivity index is 1.55. The molecule has 1 fully saturated rings. The number of rotatable bonds is 6. The maximum atomic E-state index is 12.9. The molecule has 1 aliphatic carbocycles. The summed E-state index contributed by atoms with van der Waals surface area (Å²) in [5.74, 6) is -0.0254. The zero-order valence-corrected chi connectivity index (χ0v) is 20.1. The molecule has 0 unspecified atom stereocenters. The van der Waals surface area contributed by atoms with Gasteiger partial charge in [0.2, 0.25) is 10.0 Å². The molecule has 5 nitrogen and oxygen atoms in total. The summed E-state index contributed by atoms with van der Waals surface area (Å²) >= 11 is 1.46. The van der Waals surface area contributed by atoms with E-state index in [4.69, 9.17) is 0 Å². The number of sulfonamides is 1. The van der Waals surface area contributed by atoms with Gasteiger partial charge in [0.15, 0.2) is 0 Å². The van der Waals surface area contributed by atoms with Crippen LogP contribution in [0.3, 0.4) is 0 Å². The Bertz CT molecular complexity index is 1160. The SMILES string of the molecule is CS(=O)(=O)N(Cc1ccccc1)c1ccc2sc(C(=O)NC3CCCCCCC3)cc2c1. The van der Waals surface area contributed by atoms with Crippen molar-refractivity contribution < 1.29 is 13.2 Å². The zero-order valence-electron chi connectivity index (χ0n) is 18.4. The average Bonchev–Trinajstić information content (AvgIpc) is 3.17. The minimum atomic E-state index is -3.46. The van der Waals surface area contributed by atoms with Crippen molar-refractivity contribution in [1.82, 2.24) is 5.32 Å². The summed E-state index contributed by atoms with van der Waals surface area (Å²) in [4.78, 5) is 13.6. The Morgan fingerprint density at radius 2 is 1.69 bits per heavy atom. The van der Waals surface area contributed by atoms with Crippen LogP contribution in [-0.4, -0.2) is 26.6 Å². The molecule has 0 bridgehead atoms. The maximum absolute atomic E-state index is 12.9. The summed E-state index contributed by atoms with van der Waals surface area (Å²) in [7, 11) is -3.46. The lowest BCUT2D eigenvalue weighted by Crippen LogP contribution is -2.34. The first-order chi connectivity index (χ1) is 15.4. The van der Waals surface area contributed by atoms with Crippen molar-refractivity contribution in [2.75, 3.05) is 10.6 Å². The first kappa shape index (κ1) is 22.8. The minimum Gasteiger partial charge on any atom is -0.349 e. The van der Waals surface area contributed by atoms with Crippen molar-refractivity contribution in [1.29, 1.82) is 0 Å². The number of nitrogens with zero attached hydrogens (tertiary/aromatic N) is 1. The molecule has 170 valence electrons. The maximum Gasteiger partial charge on any atom is 0.261 e. The summed E-state index contributed by atoms with van der Waals surface area (Å²) < 4.78 is 27.4. The second kappa shape index (κ2) is 10.0. The van der Waals surface area contributed by atoms with Crippen molar-refractivity contribution in [2.45, 2.75) is 57.5 Å². The van der Waals surface area contributed by atoms with E-state index in [-0.39, 0.29) is 18.5 Å². The van der Waals surface area contributed by atoms with E-state index in [0.717, 1.165) is 28.5 Å². The van der Waals surface area contributed by atoms with Crippen LogP contribution in [0.4, 0.5) is 5.69 Å².